The molecule has 0 saturated carbocycles. The van der Waals surface area contributed by atoms with Crippen molar-refractivity contribution in [3.63, 3.8) is 0 Å². The molecule has 166 valence electrons. The molecule has 18 heteroatoms. The molecule has 0 amide bonds. The Labute approximate surface area is 209 Å². The van der Waals surface area contributed by atoms with Crippen LogP contribution in [0.5, 0.6) is 0 Å². The van der Waals surface area contributed by atoms with Gasteiger partial charge in [-0.3, -0.25) is 9.59 Å². The number of hydrogen-bond acceptors (Lipinski definition) is 11. The second kappa shape index (κ2) is 18.4. The number of carbonyl (C=O) groups is 6. The third-order valence-electron chi connectivity index (χ3n) is 2.54. The summed E-state index contributed by atoms with van der Waals surface area (Å²) in [5.74, 6) is -11.0. The fourth-order valence-electron chi connectivity index (χ4n) is 1.40. The summed E-state index contributed by atoms with van der Waals surface area (Å²) < 4.78 is 0. The minimum Gasteiger partial charge on any atom is -0.550 e. The Morgan fingerprint density at radius 1 is 0.633 bits per heavy atom. The minimum atomic E-state index is -2.97. The van der Waals surface area contributed by atoms with Crippen molar-refractivity contribution < 1.29 is 110 Å². The minimum absolute atomic E-state index is 0. The van der Waals surface area contributed by atoms with Crippen molar-refractivity contribution in [1.82, 2.24) is 0 Å². The molecular formula is C12H17NaO16Pb. The van der Waals surface area contributed by atoms with E-state index in [-0.39, 0.29) is 67.8 Å². The van der Waals surface area contributed by atoms with Gasteiger partial charge in [0.15, 0.2) is 5.60 Å². The van der Waals surface area contributed by atoms with E-state index in [2.05, 4.69) is 0 Å². The standard InChI is InChI=1S/2C6H8O7.Na.2H2O.Pb/c2*7-3(8)1-6(13,5(11)12)2-4(9)10;;;;/h2*13H,1-2H2,(H,7,8)(H,9,10)(H,11,12);;2*1H2;/q;;+1;;;+2/p-3. The molecule has 0 spiro atoms. The Kier molecular flexibility index (Phi) is 26.1. The average Bonchev–Trinajstić information content (AvgIpc) is 2.34. The van der Waals surface area contributed by atoms with E-state index in [0.717, 1.165) is 0 Å². The third kappa shape index (κ3) is 18.6. The van der Waals surface area contributed by atoms with Crippen LogP contribution in [0.1, 0.15) is 25.7 Å². The zero-order chi connectivity index (χ0) is 21.3. The summed E-state index contributed by atoms with van der Waals surface area (Å²) >= 11 is 0. The third-order valence-corrected chi connectivity index (χ3v) is 2.54. The molecule has 16 nitrogen and oxygen atoms in total. The summed E-state index contributed by atoms with van der Waals surface area (Å²) in [6.07, 6.45) is -5.00. The van der Waals surface area contributed by atoms with Crippen LogP contribution < -0.4 is 44.9 Å². The molecule has 0 bridgehead atoms. The molecule has 0 rings (SSSR count). The first-order chi connectivity index (χ1) is 11.6. The Morgan fingerprint density at radius 3 is 1.03 bits per heavy atom. The van der Waals surface area contributed by atoms with Gasteiger partial charge in [0.2, 0.25) is 0 Å². The molecule has 2 radical (unpaired) electrons. The van der Waals surface area contributed by atoms with Crippen LogP contribution in [0.2, 0.25) is 0 Å². The van der Waals surface area contributed by atoms with Crippen molar-refractivity contribution in [1.29, 1.82) is 0 Å². The van der Waals surface area contributed by atoms with Gasteiger partial charge in [0.1, 0.15) is 5.60 Å². The summed E-state index contributed by atoms with van der Waals surface area (Å²) in [4.78, 5) is 60.5. The largest absolute Gasteiger partial charge is 2.00 e. The second-order valence-electron chi connectivity index (χ2n) is 4.89. The van der Waals surface area contributed by atoms with Gasteiger partial charge in [-0.25, -0.2) is 4.79 Å². The van der Waals surface area contributed by atoms with Crippen LogP contribution in [0.3, 0.4) is 0 Å². The topological polar surface area (TPSA) is 336 Å². The van der Waals surface area contributed by atoms with Gasteiger partial charge in [0, 0.05) is 24.8 Å². The molecular weight excluding hydrogens is 630 g/mol. The monoisotopic (exact) mass is 648 g/mol. The van der Waals surface area contributed by atoms with Gasteiger partial charge in [-0.15, -0.1) is 0 Å². The van der Waals surface area contributed by atoms with E-state index >= 15 is 0 Å². The Balaban J connectivity index is -0.0000000847. The maximum Gasteiger partial charge on any atom is 2.00 e. The molecule has 0 aliphatic carbocycles. The van der Waals surface area contributed by atoms with Crippen molar-refractivity contribution in [2.45, 2.75) is 36.9 Å². The first-order valence-corrected chi connectivity index (χ1v) is 6.28. The van der Waals surface area contributed by atoms with Crippen LogP contribution in [0.25, 0.3) is 0 Å². The molecule has 0 atom stereocenters. The number of hydrogen-bond donors (Lipinski definition) is 5. The molecule has 0 heterocycles. The number of aliphatic hydroxyl groups is 2. The predicted molar refractivity (Wildman–Crippen MR) is 79.3 cm³/mol. The summed E-state index contributed by atoms with van der Waals surface area (Å²) in [6.45, 7) is 0. The van der Waals surface area contributed by atoms with Gasteiger partial charge < -0.3 is 66.2 Å². The summed E-state index contributed by atoms with van der Waals surface area (Å²) in [5, 5.41) is 72.7. The molecule has 0 aliphatic rings. The molecule has 0 aromatic heterocycles. The van der Waals surface area contributed by atoms with Gasteiger partial charge in [0.05, 0.1) is 18.8 Å². The molecule has 9 N–H and O–H groups in total. The normalized spacial score (nSPS) is 9.40. The fraction of sp³-hybridized carbons (Fsp3) is 0.500. The number of carbonyl (C=O) groups excluding carboxylic acids is 3. The second-order valence-corrected chi connectivity index (χ2v) is 4.89. The first kappa shape index (κ1) is 42.6. The fourth-order valence-corrected chi connectivity index (χ4v) is 1.40. The van der Waals surface area contributed by atoms with E-state index in [1.54, 1.807) is 0 Å². The molecule has 30 heavy (non-hydrogen) atoms. The van der Waals surface area contributed by atoms with Gasteiger partial charge in [-0.1, -0.05) is 0 Å². The quantitative estimate of drug-likeness (QED) is 0.138. The van der Waals surface area contributed by atoms with Crippen molar-refractivity contribution in [3.8, 4) is 0 Å². The van der Waals surface area contributed by atoms with Crippen molar-refractivity contribution in [2.24, 2.45) is 0 Å². The van der Waals surface area contributed by atoms with E-state index in [1.807, 2.05) is 0 Å². The van der Waals surface area contributed by atoms with Crippen LogP contribution >= 0.6 is 0 Å². The van der Waals surface area contributed by atoms with E-state index in [1.165, 1.54) is 0 Å². The smallest absolute Gasteiger partial charge is 0.550 e. The summed E-state index contributed by atoms with van der Waals surface area (Å²) in [7, 11) is 0. The average molecular weight is 647 g/mol. The van der Waals surface area contributed by atoms with Crippen molar-refractivity contribution >= 4 is 63.1 Å². The van der Waals surface area contributed by atoms with Gasteiger partial charge >= 0.3 is 74.8 Å². The van der Waals surface area contributed by atoms with Crippen LogP contribution in [0, 0.1) is 0 Å². The Bertz CT molecular complexity index is 521. The summed E-state index contributed by atoms with van der Waals surface area (Å²) in [6, 6.07) is 0. The van der Waals surface area contributed by atoms with Crippen LogP contribution in [-0.4, -0.2) is 111 Å². The van der Waals surface area contributed by atoms with Crippen LogP contribution in [0.4, 0.5) is 0 Å². The maximum absolute atomic E-state index is 10.3. The number of carboxylic acid groups (broad SMARTS) is 6. The number of rotatable bonds is 10. The SMILES string of the molecule is O.O.O=C(O)CC(O)(CC(=O)O)C(=O)O.O=C([O-])CC(O)(CC(=O)[O-])C(=O)[O-].[Na+].[Pb+2]. The number of aliphatic carboxylic acids is 6. The van der Waals surface area contributed by atoms with Gasteiger partial charge in [0.25, 0.3) is 0 Å². The van der Waals surface area contributed by atoms with Crippen molar-refractivity contribution in [3.05, 3.63) is 0 Å². The predicted octanol–water partition coefficient (Wildman–Crippen LogP) is -11.5. The maximum atomic E-state index is 10.3. The van der Waals surface area contributed by atoms with Crippen LogP contribution in [-0.2, 0) is 28.8 Å². The zero-order valence-corrected chi connectivity index (χ0v) is 21.1. The Hall–Kier alpha value is -1.42. The molecule has 0 aliphatic heterocycles. The van der Waals surface area contributed by atoms with E-state index in [4.69, 9.17) is 25.5 Å². The molecule has 0 saturated heterocycles. The zero-order valence-electron chi connectivity index (χ0n) is 15.2. The van der Waals surface area contributed by atoms with E-state index in [9.17, 15) is 44.1 Å². The van der Waals surface area contributed by atoms with E-state index < -0.39 is 72.7 Å². The molecule has 0 unspecified atom stereocenters. The molecule has 0 aromatic rings. The number of carboxylic acids is 6. The van der Waals surface area contributed by atoms with Crippen molar-refractivity contribution in [2.75, 3.05) is 0 Å². The van der Waals surface area contributed by atoms with Crippen LogP contribution in [0.15, 0.2) is 0 Å². The Morgan fingerprint density at radius 2 is 0.900 bits per heavy atom. The van der Waals surface area contributed by atoms with E-state index in [0.29, 0.717) is 0 Å². The first-order valence-electron chi connectivity index (χ1n) is 6.28. The molecule has 0 fully saturated rings. The molecule has 0 aromatic carbocycles. The van der Waals surface area contributed by atoms with Gasteiger partial charge in [-0.2, -0.15) is 0 Å². The van der Waals surface area contributed by atoms with Gasteiger partial charge in [-0.05, 0) is 0 Å². The summed E-state index contributed by atoms with van der Waals surface area (Å²) in [5.41, 5.74) is -5.71.